The molecule has 7 nitrogen and oxygen atoms in total. The first-order valence-electron chi connectivity index (χ1n) is 11.7. The van der Waals surface area contributed by atoms with Crippen molar-refractivity contribution in [3.05, 3.63) is 33.9 Å². The lowest BCUT2D eigenvalue weighted by molar-refractivity contribution is -0.140. The van der Waals surface area contributed by atoms with E-state index in [0.717, 1.165) is 17.8 Å². The van der Waals surface area contributed by atoms with E-state index in [4.69, 9.17) is 4.74 Å². The van der Waals surface area contributed by atoms with Gasteiger partial charge in [0.25, 0.3) is 0 Å². The minimum absolute atomic E-state index is 0.0141. The molecule has 38 heavy (non-hydrogen) atoms. The van der Waals surface area contributed by atoms with Gasteiger partial charge in [0, 0.05) is 53.9 Å². The number of hydrogen-bond donors (Lipinski definition) is 1. The summed E-state index contributed by atoms with van der Waals surface area (Å²) in [5.41, 5.74) is -3.27. The molecule has 15 heteroatoms. The summed E-state index contributed by atoms with van der Waals surface area (Å²) in [7, 11) is 1.43. The molecule has 2 aromatic heterocycles. The third kappa shape index (κ3) is 4.89. The highest BCUT2D eigenvalue weighted by Gasteiger charge is 2.41. The first-order chi connectivity index (χ1) is 17.8. The molecule has 1 fully saturated rings. The summed E-state index contributed by atoms with van der Waals surface area (Å²) >= 11 is 1.36. The number of alkyl halides is 6. The van der Waals surface area contributed by atoms with Crippen LogP contribution in [0.2, 0.25) is 0 Å². The molecule has 5 rings (SSSR count). The summed E-state index contributed by atoms with van der Waals surface area (Å²) in [5.74, 6) is 0.305. The Morgan fingerprint density at radius 3 is 2.32 bits per heavy atom. The number of thioether (sulfide) groups is 1. The van der Waals surface area contributed by atoms with Crippen LogP contribution in [0.15, 0.2) is 21.8 Å². The van der Waals surface area contributed by atoms with Gasteiger partial charge in [-0.15, -0.1) is 11.8 Å². The highest BCUT2D eigenvalue weighted by atomic mass is 32.2. The molecule has 0 radical (unpaired) electrons. The summed E-state index contributed by atoms with van der Waals surface area (Å²) in [6, 6.07) is 1.51. The van der Waals surface area contributed by atoms with Gasteiger partial charge < -0.3 is 15.0 Å². The number of aromatic nitrogens is 3. The van der Waals surface area contributed by atoms with Gasteiger partial charge in [0.05, 0.1) is 28.6 Å². The number of methoxy groups -OCH3 is 1. The van der Waals surface area contributed by atoms with Crippen LogP contribution in [0.25, 0.3) is 21.3 Å². The average Bonchev–Trinajstić information content (AvgIpc) is 3.23. The average molecular weight is 580 g/mol. The predicted molar refractivity (Wildman–Crippen MR) is 133 cm³/mol. The number of ether oxygens (including phenoxy) is 1. The SMILES string of the molecule is CO[C@@H]1CSc2c(-c3cc(C(F)(F)F)ns3)c(C(F)(F)F)cc3c(N4C[C@@H](C)N[C@@H](C)C4)nc(=O)n(c23)C1. The van der Waals surface area contributed by atoms with Crippen LogP contribution in [0.5, 0.6) is 0 Å². The van der Waals surface area contributed by atoms with Gasteiger partial charge in [0.2, 0.25) is 0 Å². The Balaban J connectivity index is 1.87. The summed E-state index contributed by atoms with van der Waals surface area (Å²) in [5, 5.41) is 3.45. The first kappa shape index (κ1) is 27.2. The normalized spacial score (nSPS) is 22.7. The number of benzene rings is 1. The molecular weight excluding hydrogens is 556 g/mol. The Morgan fingerprint density at radius 2 is 1.74 bits per heavy atom. The molecule has 0 aliphatic carbocycles. The maximum atomic E-state index is 14.6. The monoisotopic (exact) mass is 579 g/mol. The summed E-state index contributed by atoms with van der Waals surface area (Å²) < 4.78 is 93.8. The van der Waals surface area contributed by atoms with Crippen molar-refractivity contribution in [2.24, 2.45) is 0 Å². The van der Waals surface area contributed by atoms with Crippen molar-refractivity contribution in [2.75, 3.05) is 30.9 Å². The van der Waals surface area contributed by atoms with Crippen LogP contribution in [0.3, 0.4) is 0 Å². The van der Waals surface area contributed by atoms with E-state index in [-0.39, 0.29) is 50.9 Å². The number of hydrogen-bond acceptors (Lipinski definition) is 8. The number of nitrogens with one attached hydrogen (secondary N) is 1. The van der Waals surface area contributed by atoms with Crippen LogP contribution in [0.1, 0.15) is 25.1 Å². The van der Waals surface area contributed by atoms with Crippen LogP contribution in [-0.4, -0.2) is 58.1 Å². The summed E-state index contributed by atoms with van der Waals surface area (Å²) in [6.45, 7) is 4.70. The minimum Gasteiger partial charge on any atom is -0.379 e. The lowest BCUT2D eigenvalue weighted by Crippen LogP contribution is -2.55. The van der Waals surface area contributed by atoms with Gasteiger partial charge in [-0.3, -0.25) is 4.57 Å². The quantitative estimate of drug-likeness (QED) is 0.445. The lowest BCUT2D eigenvalue weighted by atomic mass is 10.0. The van der Waals surface area contributed by atoms with Crippen LogP contribution < -0.4 is 15.9 Å². The molecule has 1 saturated heterocycles. The standard InChI is InChI=1S/C23H23F6N5O2S2/c1-10-6-33(7-11(2)30-10)20-13-4-14(22(24,25)26)17(15-5-16(32-38-15)23(27,28)29)19-18(13)34(21(35)31-20)8-12(36-3)9-37-19/h4-5,10-12,30H,6-9H2,1-3H3/t10-,11+,12-/m0/s1. The predicted octanol–water partition coefficient (Wildman–Crippen LogP) is 4.86. The molecule has 0 spiro atoms. The Kier molecular flexibility index (Phi) is 6.93. The second-order valence-corrected chi connectivity index (χ2v) is 11.3. The Bertz CT molecular complexity index is 1430. The zero-order valence-corrected chi connectivity index (χ0v) is 22.0. The molecule has 1 aromatic carbocycles. The molecule has 206 valence electrons. The third-order valence-corrected chi connectivity index (χ3v) is 8.57. The first-order valence-corrected chi connectivity index (χ1v) is 13.4. The van der Waals surface area contributed by atoms with Crippen LogP contribution in [0, 0.1) is 0 Å². The molecule has 1 N–H and O–H groups in total. The number of rotatable bonds is 3. The highest BCUT2D eigenvalue weighted by Crippen LogP contribution is 2.50. The minimum atomic E-state index is -4.90. The smallest absolute Gasteiger partial charge is 0.379 e. The van der Waals surface area contributed by atoms with Gasteiger partial charge in [-0.05, 0) is 37.5 Å². The van der Waals surface area contributed by atoms with Gasteiger partial charge in [-0.25, -0.2) is 4.79 Å². The van der Waals surface area contributed by atoms with Gasteiger partial charge in [0.1, 0.15) is 5.82 Å². The second kappa shape index (κ2) is 9.68. The molecule has 0 saturated carbocycles. The van der Waals surface area contributed by atoms with Gasteiger partial charge in [-0.1, -0.05) is 0 Å². The fourth-order valence-electron chi connectivity index (χ4n) is 5.01. The number of piperazine rings is 1. The van der Waals surface area contributed by atoms with Gasteiger partial charge in [-0.2, -0.15) is 35.7 Å². The van der Waals surface area contributed by atoms with E-state index in [0.29, 0.717) is 30.7 Å². The molecule has 2 aliphatic rings. The van der Waals surface area contributed by atoms with E-state index in [9.17, 15) is 31.1 Å². The number of halogens is 6. The van der Waals surface area contributed by atoms with E-state index >= 15 is 0 Å². The molecular formula is C23H23F6N5O2S2. The zero-order chi connectivity index (χ0) is 27.6. The van der Waals surface area contributed by atoms with E-state index in [1.165, 1.54) is 11.7 Å². The van der Waals surface area contributed by atoms with E-state index in [1.54, 1.807) is 4.90 Å². The fraction of sp³-hybridized carbons (Fsp3) is 0.522. The van der Waals surface area contributed by atoms with Crippen molar-refractivity contribution >= 4 is 40.0 Å². The topological polar surface area (TPSA) is 72.3 Å². The zero-order valence-electron chi connectivity index (χ0n) is 20.4. The van der Waals surface area contributed by atoms with Crippen molar-refractivity contribution in [2.45, 2.75) is 55.8 Å². The van der Waals surface area contributed by atoms with Crippen LogP contribution in [-0.2, 0) is 23.6 Å². The fourth-order valence-corrected chi connectivity index (χ4v) is 7.21. The lowest BCUT2D eigenvalue weighted by Gasteiger charge is -2.37. The van der Waals surface area contributed by atoms with Crippen molar-refractivity contribution in [1.29, 1.82) is 0 Å². The molecule has 0 amide bonds. The van der Waals surface area contributed by atoms with E-state index < -0.39 is 41.0 Å². The number of anilines is 1. The maximum Gasteiger partial charge on any atom is 0.434 e. The molecule has 0 unspecified atom stereocenters. The van der Waals surface area contributed by atoms with Crippen LogP contribution >= 0.6 is 23.3 Å². The molecule has 4 heterocycles. The highest BCUT2D eigenvalue weighted by molar-refractivity contribution is 7.99. The molecule has 3 aromatic rings. The van der Waals surface area contributed by atoms with E-state index in [2.05, 4.69) is 14.7 Å². The van der Waals surface area contributed by atoms with Gasteiger partial charge >= 0.3 is 18.0 Å². The van der Waals surface area contributed by atoms with Crippen molar-refractivity contribution in [1.82, 2.24) is 19.2 Å². The van der Waals surface area contributed by atoms with Crippen molar-refractivity contribution < 1.29 is 31.1 Å². The Labute approximate surface area is 221 Å². The molecule has 2 aliphatic heterocycles. The van der Waals surface area contributed by atoms with Gasteiger partial charge in [0.15, 0.2) is 5.69 Å². The molecule has 0 bridgehead atoms. The van der Waals surface area contributed by atoms with Crippen molar-refractivity contribution in [3.8, 4) is 10.4 Å². The summed E-state index contributed by atoms with van der Waals surface area (Å²) in [6.07, 6.45) is -10.3. The summed E-state index contributed by atoms with van der Waals surface area (Å²) in [4.78, 5) is 19.1. The van der Waals surface area contributed by atoms with Crippen LogP contribution in [0.4, 0.5) is 32.2 Å². The Morgan fingerprint density at radius 1 is 1.05 bits per heavy atom. The van der Waals surface area contributed by atoms with Crippen molar-refractivity contribution in [3.63, 3.8) is 0 Å². The molecule has 3 atom stereocenters. The maximum absolute atomic E-state index is 14.6. The second-order valence-electron chi connectivity index (χ2n) is 9.47. The Hall–Kier alpha value is -2.36. The van der Waals surface area contributed by atoms with E-state index in [1.807, 2.05) is 13.8 Å². The third-order valence-electron chi connectivity index (χ3n) is 6.54. The largest absolute Gasteiger partial charge is 0.434 e. The number of nitrogens with zero attached hydrogens (tertiary/aromatic N) is 4.